The summed E-state index contributed by atoms with van der Waals surface area (Å²) >= 11 is 0. The quantitative estimate of drug-likeness (QED) is 0.640. The van der Waals surface area contributed by atoms with Crippen molar-refractivity contribution in [1.82, 2.24) is 14.7 Å². The maximum atomic E-state index is 14.1. The monoisotopic (exact) mass is 507 g/mol. The lowest BCUT2D eigenvalue weighted by Crippen LogP contribution is -2.55. The summed E-state index contributed by atoms with van der Waals surface area (Å²) in [6.45, 7) is 1.49. The molecule has 0 radical (unpaired) electrons. The second kappa shape index (κ2) is 8.70. The molecule has 7 nitrogen and oxygen atoms in total. The molecular formula is C26H38FN3O4S. The van der Waals surface area contributed by atoms with Crippen LogP contribution >= 0.6 is 0 Å². The normalized spacial score (nSPS) is 29.8. The Morgan fingerprint density at radius 3 is 2.31 bits per heavy atom. The van der Waals surface area contributed by atoms with Gasteiger partial charge in [0.05, 0.1) is 29.2 Å². The Bertz CT molecular complexity index is 1070. The molecule has 2 aliphatic carbocycles. The lowest BCUT2D eigenvalue weighted by Gasteiger charge is -2.51. The highest BCUT2D eigenvalue weighted by atomic mass is 32.2. The Balaban J connectivity index is 1.37. The molecule has 194 valence electrons. The lowest BCUT2D eigenvalue weighted by atomic mass is 9.68. The maximum Gasteiger partial charge on any atom is 0.320 e. The van der Waals surface area contributed by atoms with E-state index in [0.717, 1.165) is 50.6 Å². The molecule has 1 aromatic rings. The van der Waals surface area contributed by atoms with Crippen LogP contribution in [0.3, 0.4) is 0 Å². The minimum atomic E-state index is -3.10. The van der Waals surface area contributed by atoms with Crippen molar-refractivity contribution in [3.63, 3.8) is 0 Å². The van der Waals surface area contributed by atoms with Gasteiger partial charge in [-0.1, -0.05) is 12.1 Å². The van der Waals surface area contributed by atoms with Gasteiger partial charge in [-0.3, -0.25) is 4.90 Å². The number of halogens is 1. The first-order valence-corrected chi connectivity index (χ1v) is 14.7. The van der Waals surface area contributed by atoms with Crippen LogP contribution in [0.4, 0.5) is 9.18 Å². The number of carbonyl (C=O) groups excluding carboxylic acids is 1. The Labute approximate surface area is 208 Å². The van der Waals surface area contributed by atoms with Gasteiger partial charge in [0, 0.05) is 18.6 Å². The number of nitrogens with zero attached hydrogens (tertiary/aromatic N) is 3. The molecule has 2 saturated heterocycles. The van der Waals surface area contributed by atoms with E-state index >= 15 is 0 Å². The van der Waals surface area contributed by atoms with Crippen LogP contribution in [0.5, 0.6) is 0 Å². The summed E-state index contributed by atoms with van der Waals surface area (Å²) in [7, 11) is 0.988. The molecular weight excluding hydrogens is 469 g/mol. The van der Waals surface area contributed by atoms with Crippen LogP contribution in [0, 0.1) is 11.7 Å². The predicted molar refractivity (Wildman–Crippen MR) is 132 cm³/mol. The number of hydrogen-bond acceptors (Lipinski definition) is 5. The first-order chi connectivity index (χ1) is 16.5. The van der Waals surface area contributed by atoms with E-state index in [1.165, 1.54) is 6.07 Å². The second-order valence-electron chi connectivity index (χ2n) is 11.7. The summed E-state index contributed by atoms with van der Waals surface area (Å²) in [6.07, 6.45) is 5.89. The first kappa shape index (κ1) is 25.0. The van der Waals surface area contributed by atoms with Crippen LogP contribution in [-0.2, 0) is 15.4 Å². The van der Waals surface area contributed by atoms with Gasteiger partial charge in [0.2, 0.25) is 0 Å². The van der Waals surface area contributed by atoms with Crippen LogP contribution < -0.4 is 0 Å². The van der Waals surface area contributed by atoms with Crippen LogP contribution in [0.2, 0.25) is 0 Å². The van der Waals surface area contributed by atoms with Gasteiger partial charge in [-0.2, -0.15) is 0 Å². The van der Waals surface area contributed by atoms with E-state index in [4.69, 9.17) is 0 Å². The molecule has 0 unspecified atom stereocenters. The van der Waals surface area contributed by atoms with Crippen LogP contribution in [0.1, 0.15) is 56.9 Å². The second-order valence-corrected chi connectivity index (χ2v) is 14.0. The van der Waals surface area contributed by atoms with E-state index < -0.39 is 15.4 Å². The molecule has 2 amide bonds. The van der Waals surface area contributed by atoms with Crippen molar-refractivity contribution < 1.29 is 22.7 Å². The van der Waals surface area contributed by atoms with E-state index in [-0.39, 0.29) is 53.8 Å². The van der Waals surface area contributed by atoms with Crippen molar-refractivity contribution in [1.29, 1.82) is 0 Å². The van der Waals surface area contributed by atoms with E-state index in [1.807, 2.05) is 20.2 Å². The molecule has 5 rings (SSSR count). The zero-order chi connectivity index (χ0) is 25.1. The highest BCUT2D eigenvalue weighted by Crippen LogP contribution is 2.50. The largest absolute Gasteiger partial charge is 0.388 e. The third-order valence-corrected chi connectivity index (χ3v) is 10.8. The summed E-state index contributed by atoms with van der Waals surface area (Å²) < 4.78 is 37.9. The number of rotatable bonds is 6. The summed E-state index contributed by atoms with van der Waals surface area (Å²) in [5, 5.41) is 11.2. The average Bonchev–Trinajstić information content (AvgIpc) is 3.60. The molecule has 0 bridgehead atoms. The van der Waals surface area contributed by atoms with Gasteiger partial charge >= 0.3 is 6.03 Å². The fourth-order valence-electron chi connectivity index (χ4n) is 6.60. The van der Waals surface area contributed by atoms with Crippen molar-refractivity contribution in [2.24, 2.45) is 5.92 Å². The maximum absolute atomic E-state index is 14.1. The Morgan fingerprint density at radius 1 is 1.09 bits per heavy atom. The highest BCUT2D eigenvalue weighted by Gasteiger charge is 2.56. The van der Waals surface area contributed by atoms with Crippen LogP contribution in [0.25, 0.3) is 0 Å². The highest BCUT2D eigenvalue weighted by molar-refractivity contribution is 7.91. The number of urea groups is 1. The van der Waals surface area contributed by atoms with Crippen molar-refractivity contribution in [2.45, 2.75) is 68.0 Å². The van der Waals surface area contributed by atoms with Crippen LogP contribution in [0.15, 0.2) is 24.3 Å². The SMILES string of the molecule is CN(C)[C@]1(c2cccc(F)c2)CC[C@]2(CC1)CN(CC1(O)CCS(=O)(=O)CC1)C(=O)N2CC1CC1. The fraction of sp³-hybridized carbons (Fsp3) is 0.731. The number of carbonyl (C=O) groups is 1. The van der Waals surface area contributed by atoms with Crippen molar-refractivity contribution >= 4 is 15.9 Å². The number of amides is 2. The Morgan fingerprint density at radius 2 is 1.74 bits per heavy atom. The standard InChI is InChI=1S/C26H38FN3O4S/c1-28(2)26(21-4-3-5-22(27)16-21)10-8-24(9-11-26)18-29(23(31)30(24)17-20-6-7-20)19-25(32)12-14-35(33,34)15-13-25/h3-5,16,20,32H,6-15,17-19H2,1-2H3/t24-,26+. The van der Waals surface area contributed by atoms with E-state index in [2.05, 4.69) is 9.80 Å². The summed E-state index contributed by atoms with van der Waals surface area (Å²) in [6, 6.07) is 6.86. The lowest BCUT2D eigenvalue weighted by molar-refractivity contribution is 0.00229. The third kappa shape index (κ3) is 4.71. The summed E-state index contributed by atoms with van der Waals surface area (Å²) in [5.74, 6) is 0.259. The number of sulfone groups is 1. The molecule has 4 fully saturated rings. The van der Waals surface area contributed by atoms with Gasteiger partial charge in [0.15, 0.2) is 9.84 Å². The van der Waals surface area contributed by atoms with Gasteiger partial charge in [-0.25, -0.2) is 17.6 Å². The molecule has 2 aliphatic heterocycles. The Hall–Kier alpha value is -1.71. The number of aliphatic hydroxyl groups is 1. The van der Waals surface area contributed by atoms with E-state index in [1.54, 1.807) is 17.0 Å². The fourth-order valence-corrected chi connectivity index (χ4v) is 8.18. The van der Waals surface area contributed by atoms with Gasteiger partial charge in [-0.05, 0) is 89.1 Å². The average molecular weight is 508 g/mol. The van der Waals surface area contributed by atoms with E-state index in [9.17, 15) is 22.7 Å². The molecule has 2 saturated carbocycles. The minimum Gasteiger partial charge on any atom is -0.388 e. The molecule has 2 heterocycles. The summed E-state index contributed by atoms with van der Waals surface area (Å²) in [4.78, 5) is 19.7. The van der Waals surface area contributed by atoms with Gasteiger partial charge < -0.3 is 14.9 Å². The molecule has 9 heteroatoms. The van der Waals surface area contributed by atoms with Crippen molar-refractivity contribution in [2.75, 3.05) is 45.2 Å². The molecule has 1 N–H and O–H groups in total. The minimum absolute atomic E-state index is 0.0261. The van der Waals surface area contributed by atoms with Crippen molar-refractivity contribution in [3.05, 3.63) is 35.6 Å². The Kier molecular flexibility index (Phi) is 6.20. The molecule has 0 atom stereocenters. The zero-order valence-electron chi connectivity index (χ0n) is 20.9. The predicted octanol–water partition coefficient (Wildman–Crippen LogP) is 2.98. The van der Waals surface area contributed by atoms with Gasteiger partial charge in [-0.15, -0.1) is 0 Å². The summed E-state index contributed by atoms with van der Waals surface area (Å²) in [5.41, 5.74) is -0.763. The zero-order valence-corrected chi connectivity index (χ0v) is 21.7. The number of β-amino-alcohol motifs (C(OH)–C–C–N with tert-alkyl or cyclic N) is 1. The van der Waals surface area contributed by atoms with Crippen molar-refractivity contribution in [3.8, 4) is 0 Å². The molecule has 0 aromatic heterocycles. The molecule has 1 spiro atoms. The van der Waals surface area contributed by atoms with E-state index in [0.29, 0.717) is 12.5 Å². The third-order valence-electron chi connectivity index (χ3n) is 9.16. The molecule has 1 aromatic carbocycles. The van der Waals surface area contributed by atoms with Gasteiger partial charge in [0.25, 0.3) is 0 Å². The van der Waals surface area contributed by atoms with Gasteiger partial charge in [0.1, 0.15) is 5.82 Å². The molecule has 4 aliphatic rings. The number of hydrogen-bond donors (Lipinski definition) is 1. The van der Waals surface area contributed by atoms with Crippen LogP contribution in [-0.4, -0.2) is 90.6 Å². The first-order valence-electron chi connectivity index (χ1n) is 12.9. The number of benzene rings is 1. The topological polar surface area (TPSA) is 81.2 Å². The molecule has 35 heavy (non-hydrogen) atoms. The smallest absolute Gasteiger partial charge is 0.320 e.